The van der Waals surface area contributed by atoms with Crippen molar-refractivity contribution in [2.75, 3.05) is 13.1 Å². The third-order valence-electron chi connectivity index (χ3n) is 3.13. The van der Waals surface area contributed by atoms with E-state index in [0.717, 1.165) is 0 Å². The summed E-state index contributed by atoms with van der Waals surface area (Å²) in [7, 11) is 0. The maximum atomic E-state index is 12.2. The van der Waals surface area contributed by atoms with Gasteiger partial charge < -0.3 is 10.0 Å². The Hall–Kier alpha value is -2.44. The number of carbonyl (C=O) groups excluding carboxylic acids is 1. The molecule has 7 heteroatoms. The molecule has 0 atom stereocenters. The summed E-state index contributed by atoms with van der Waals surface area (Å²) in [5, 5.41) is 19.7. The highest BCUT2D eigenvalue weighted by Gasteiger charge is 2.19. The fourth-order valence-electron chi connectivity index (χ4n) is 2.06. The van der Waals surface area contributed by atoms with Gasteiger partial charge in [-0.05, 0) is 18.9 Å². The van der Waals surface area contributed by atoms with Crippen molar-refractivity contribution in [3.8, 4) is 0 Å². The van der Waals surface area contributed by atoms with E-state index in [-0.39, 0.29) is 24.6 Å². The maximum Gasteiger partial charge on any atom is 0.323 e. The van der Waals surface area contributed by atoms with Gasteiger partial charge in [0, 0.05) is 18.2 Å². The fraction of sp³-hybridized carbons (Fsp3) is 0.429. The molecular formula is C14H18N2O5. The Kier molecular flexibility index (Phi) is 5.83. The Morgan fingerprint density at radius 3 is 2.57 bits per heavy atom. The van der Waals surface area contributed by atoms with Crippen LogP contribution in [0.2, 0.25) is 0 Å². The van der Waals surface area contributed by atoms with Crippen LogP contribution in [0.25, 0.3) is 0 Å². The quantitative estimate of drug-likeness (QED) is 0.610. The minimum atomic E-state index is -1.08. The summed E-state index contributed by atoms with van der Waals surface area (Å²) in [6.07, 6.45) is 0.605. The largest absolute Gasteiger partial charge is 0.480 e. The summed E-state index contributed by atoms with van der Waals surface area (Å²) >= 11 is 0. The van der Waals surface area contributed by atoms with E-state index < -0.39 is 10.9 Å². The van der Waals surface area contributed by atoms with Crippen LogP contribution >= 0.6 is 0 Å². The smallest absolute Gasteiger partial charge is 0.323 e. The number of carbonyl (C=O) groups is 2. The topological polar surface area (TPSA) is 101 Å². The van der Waals surface area contributed by atoms with Crippen LogP contribution < -0.4 is 0 Å². The lowest BCUT2D eigenvalue weighted by Crippen LogP contribution is -2.37. The molecule has 1 aromatic carbocycles. The molecule has 0 spiro atoms. The molecule has 7 nitrogen and oxygen atoms in total. The monoisotopic (exact) mass is 294 g/mol. The van der Waals surface area contributed by atoms with Crippen molar-refractivity contribution < 1.29 is 19.6 Å². The van der Waals surface area contributed by atoms with Crippen LogP contribution in [0.15, 0.2) is 18.2 Å². The Bertz CT molecular complexity index is 556. The highest BCUT2D eigenvalue weighted by atomic mass is 16.6. The summed E-state index contributed by atoms with van der Waals surface area (Å²) in [6.45, 7) is 3.42. The number of amides is 1. The van der Waals surface area contributed by atoms with E-state index in [9.17, 15) is 19.7 Å². The summed E-state index contributed by atoms with van der Waals surface area (Å²) in [4.78, 5) is 34.6. The van der Waals surface area contributed by atoms with Gasteiger partial charge >= 0.3 is 5.97 Å². The first-order chi connectivity index (χ1) is 9.86. The zero-order chi connectivity index (χ0) is 16.0. The van der Waals surface area contributed by atoms with Gasteiger partial charge in [0.2, 0.25) is 5.91 Å². The molecule has 0 bridgehead atoms. The molecule has 1 rings (SSSR count). The molecular weight excluding hydrogens is 276 g/mol. The van der Waals surface area contributed by atoms with Gasteiger partial charge in [0.25, 0.3) is 5.69 Å². The van der Waals surface area contributed by atoms with Gasteiger partial charge in [0.1, 0.15) is 6.54 Å². The molecule has 1 amide bonds. The number of hydrogen-bond acceptors (Lipinski definition) is 4. The lowest BCUT2D eigenvalue weighted by molar-refractivity contribution is -0.385. The van der Waals surface area contributed by atoms with E-state index in [4.69, 9.17) is 5.11 Å². The third-order valence-corrected chi connectivity index (χ3v) is 3.13. The van der Waals surface area contributed by atoms with Crippen LogP contribution in [-0.4, -0.2) is 39.9 Å². The number of hydrogen-bond donors (Lipinski definition) is 1. The number of nitrogens with zero attached hydrogens (tertiary/aromatic N) is 2. The van der Waals surface area contributed by atoms with E-state index in [0.29, 0.717) is 24.1 Å². The average Bonchev–Trinajstić information content (AvgIpc) is 2.39. The van der Waals surface area contributed by atoms with Gasteiger partial charge in [-0.15, -0.1) is 0 Å². The molecule has 0 heterocycles. The molecule has 0 fully saturated rings. The molecule has 21 heavy (non-hydrogen) atoms. The van der Waals surface area contributed by atoms with Gasteiger partial charge in [-0.2, -0.15) is 0 Å². The van der Waals surface area contributed by atoms with E-state index in [2.05, 4.69) is 0 Å². The van der Waals surface area contributed by atoms with Gasteiger partial charge in [0.05, 0.1) is 11.3 Å². The maximum absolute atomic E-state index is 12.2. The van der Waals surface area contributed by atoms with Gasteiger partial charge in [-0.1, -0.05) is 19.1 Å². The van der Waals surface area contributed by atoms with E-state index in [1.165, 1.54) is 17.0 Å². The Labute approximate surface area is 122 Å². The SMILES string of the molecule is CCCN(CC(=O)O)C(=O)Cc1cccc([N+](=O)[O-])c1C. The van der Waals surface area contributed by atoms with Crippen LogP contribution in [0.5, 0.6) is 0 Å². The molecule has 0 saturated heterocycles. The number of aliphatic carboxylic acids is 1. The van der Waals surface area contributed by atoms with Crippen molar-refractivity contribution in [1.82, 2.24) is 4.90 Å². The molecule has 0 aliphatic carbocycles. The standard InChI is InChI=1S/C14H18N2O5/c1-3-7-15(9-14(18)19)13(17)8-11-5-4-6-12(10(11)2)16(20)21/h4-6H,3,7-9H2,1-2H3,(H,18,19). The normalized spacial score (nSPS) is 10.2. The number of carboxylic acid groups (broad SMARTS) is 1. The number of nitro benzene ring substituents is 1. The second kappa shape index (κ2) is 7.37. The Morgan fingerprint density at radius 1 is 1.38 bits per heavy atom. The molecule has 0 aromatic heterocycles. The molecule has 0 aliphatic rings. The lowest BCUT2D eigenvalue weighted by atomic mass is 10.0. The predicted octanol–water partition coefficient (Wildman–Crippen LogP) is 1.77. The van der Waals surface area contributed by atoms with E-state index >= 15 is 0 Å². The lowest BCUT2D eigenvalue weighted by Gasteiger charge is -2.20. The fourth-order valence-corrected chi connectivity index (χ4v) is 2.06. The molecule has 0 aliphatic heterocycles. The predicted molar refractivity (Wildman–Crippen MR) is 76.0 cm³/mol. The average molecular weight is 294 g/mol. The number of nitro groups is 1. The van der Waals surface area contributed by atoms with Crippen LogP contribution in [0, 0.1) is 17.0 Å². The second-order valence-corrected chi connectivity index (χ2v) is 4.70. The minimum absolute atomic E-state index is 0.0409. The van der Waals surface area contributed by atoms with E-state index in [1.807, 2.05) is 6.92 Å². The molecule has 0 saturated carbocycles. The Morgan fingerprint density at radius 2 is 2.05 bits per heavy atom. The van der Waals surface area contributed by atoms with Crippen molar-refractivity contribution >= 4 is 17.6 Å². The minimum Gasteiger partial charge on any atom is -0.480 e. The molecule has 0 radical (unpaired) electrons. The zero-order valence-electron chi connectivity index (χ0n) is 12.0. The molecule has 1 N–H and O–H groups in total. The number of benzene rings is 1. The third kappa shape index (κ3) is 4.55. The molecule has 1 aromatic rings. The van der Waals surface area contributed by atoms with Gasteiger partial charge in [0.15, 0.2) is 0 Å². The highest BCUT2D eigenvalue weighted by molar-refractivity contribution is 5.83. The van der Waals surface area contributed by atoms with Crippen LogP contribution in [0.3, 0.4) is 0 Å². The Balaban J connectivity index is 2.93. The first-order valence-corrected chi connectivity index (χ1v) is 6.59. The van der Waals surface area contributed by atoms with Crippen LogP contribution in [0.1, 0.15) is 24.5 Å². The van der Waals surface area contributed by atoms with Gasteiger partial charge in [-0.25, -0.2) is 0 Å². The molecule has 114 valence electrons. The van der Waals surface area contributed by atoms with Crippen LogP contribution in [-0.2, 0) is 16.0 Å². The van der Waals surface area contributed by atoms with Gasteiger partial charge in [-0.3, -0.25) is 19.7 Å². The van der Waals surface area contributed by atoms with Crippen molar-refractivity contribution in [2.24, 2.45) is 0 Å². The van der Waals surface area contributed by atoms with Crippen molar-refractivity contribution in [2.45, 2.75) is 26.7 Å². The summed E-state index contributed by atoms with van der Waals surface area (Å²) in [5.41, 5.74) is 0.934. The van der Waals surface area contributed by atoms with E-state index in [1.54, 1.807) is 13.0 Å². The van der Waals surface area contributed by atoms with Crippen molar-refractivity contribution in [1.29, 1.82) is 0 Å². The second-order valence-electron chi connectivity index (χ2n) is 4.70. The highest BCUT2D eigenvalue weighted by Crippen LogP contribution is 2.21. The number of rotatable bonds is 7. The summed E-state index contributed by atoms with van der Waals surface area (Å²) in [5.74, 6) is -1.42. The summed E-state index contributed by atoms with van der Waals surface area (Å²) in [6, 6.07) is 4.55. The first kappa shape index (κ1) is 16.6. The summed E-state index contributed by atoms with van der Waals surface area (Å²) < 4.78 is 0. The van der Waals surface area contributed by atoms with Crippen LogP contribution in [0.4, 0.5) is 5.69 Å². The van der Waals surface area contributed by atoms with Crippen molar-refractivity contribution in [3.63, 3.8) is 0 Å². The molecule has 0 unspecified atom stereocenters. The first-order valence-electron chi connectivity index (χ1n) is 6.59. The number of carboxylic acids is 1. The van der Waals surface area contributed by atoms with Crippen molar-refractivity contribution in [3.05, 3.63) is 39.4 Å². The zero-order valence-corrected chi connectivity index (χ0v) is 12.0.